The number of aromatic nitrogens is 6. The molecule has 0 saturated carbocycles. The van der Waals surface area contributed by atoms with Crippen LogP contribution in [0.2, 0.25) is 0 Å². The van der Waals surface area contributed by atoms with E-state index in [1.807, 2.05) is 13.3 Å². The number of nitrogens with one attached hydrogen (secondary N) is 1. The van der Waals surface area contributed by atoms with Gasteiger partial charge < -0.3 is 5.32 Å². The zero-order valence-electron chi connectivity index (χ0n) is 10.4. The average molecular weight is 293 g/mol. The van der Waals surface area contributed by atoms with Gasteiger partial charge in [0.2, 0.25) is 0 Å². The number of thiazole rings is 1. The van der Waals surface area contributed by atoms with Crippen LogP contribution in [0, 0.1) is 0 Å². The largest absolute Gasteiger partial charge is 0.361 e. The molecular formula is C10H11N7S2. The maximum Gasteiger partial charge on any atom is 0.176 e. The van der Waals surface area contributed by atoms with Crippen molar-refractivity contribution in [3.63, 3.8) is 0 Å². The highest BCUT2D eigenvalue weighted by molar-refractivity contribution is 8.00. The van der Waals surface area contributed by atoms with E-state index >= 15 is 0 Å². The molecule has 0 amide bonds. The van der Waals surface area contributed by atoms with Gasteiger partial charge in [-0.3, -0.25) is 4.68 Å². The first-order valence-corrected chi connectivity index (χ1v) is 7.54. The Morgan fingerprint density at radius 1 is 1.32 bits per heavy atom. The molecule has 0 aliphatic heterocycles. The summed E-state index contributed by atoms with van der Waals surface area (Å²) in [4.78, 5) is 17.0. The van der Waals surface area contributed by atoms with Crippen molar-refractivity contribution in [3.8, 4) is 0 Å². The predicted octanol–water partition coefficient (Wildman–Crippen LogP) is 1.55. The molecule has 0 aromatic carbocycles. The van der Waals surface area contributed by atoms with E-state index in [1.165, 1.54) is 12.7 Å². The molecule has 3 aromatic rings. The van der Waals surface area contributed by atoms with Gasteiger partial charge in [0.15, 0.2) is 9.99 Å². The molecule has 0 aliphatic rings. The summed E-state index contributed by atoms with van der Waals surface area (Å²) in [6.07, 6.45) is 5.05. The minimum absolute atomic E-state index is 0.565. The number of thioether (sulfide) groups is 1. The Kier molecular flexibility index (Phi) is 3.30. The van der Waals surface area contributed by atoms with E-state index in [9.17, 15) is 0 Å². The highest BCUT2D eigenvalue weighted by atomic mass is 32.2. The van der Waals surface area contributed by atoms with Gasteiger partial charge in [-0.2, -0.15) is 5.10 Å². The number of nitrogens with zero attached hydrogens (tertiary/aromatic N) is 6. The van der Waals surface area contributed by atoms with Crippen LogP contribution >= 0.6 is 23.1 Å². The molecule has 7 nitrogen and oxygen atoms in total. The SMILES string of the molecule is CSc1nc2ncnc(NCc3ncnn3C)c2s1. The van der Waals surface area contributed by atoms with Crippen LogP contribution in [-0.2, 0) is 13.6 Å². The van der Waals surface area contributed by atoms with Crippen molar-refractivity contribution >= 4 is 39.3 Å². The number of hydrogen-bond acceptors (Lipinski definition) is 8. The summed E-state index contributed by atoms with van der Waals surface area (Å²) in [6, 6.07) is 0. The lowest BCUT2D eigenvalue weighted by molar-refractivity contribution is 0.711. The standard InChI is InChI=1S/C10H11N7S2/c1-17-6(12-5-15-17)3-11-8-7-9(14-4-13-8)16-10(18-2)19-7/h4-5H,3H2,1-2H3,(H,11,13,14). The molecule has 19 heavy (non-hydrogen) atoms. The van der Waals surface area contributed by atoms with Gasteiger partial charge in [-0.15, -0.1) is 11.3 Å². The van der Waals surface area contributed by atoms with E-state index in [2.05, 4.69) is 30.4 Å². The third-order valence-corrected chi connectivity index (χ3v) is 4.60. The maximum absolute atomic E-state index is 4.41. The Morgan fingerprint density at radius 2 is 2.21 bits per heavy atom. The van der Waals surface area contributed by atoms with Crippen molar-refractivity contribution in [2.75, 3.05) is 11.6 Å². The van der Waals surface area contributed by atoms with Crippen molar-refractivity contribution in [1.82, 2.24) is 29.7 Å². The van der Waals surface area contributed by atoms with Crippen LogP contribution in [-0.4, -0.2) is 36.0 Å². The van der Waals surface area contributed by atoms with E-state index in [1.54, 1.807) is 27.8 Å². The number of rotatable bonds is 4. The lowest BCUT2D eigenvalue weighted by atomic mass is 10.5. The number of fused-ring (bicyclic) bond motifs is 1. The topological polar surface area (TPSA) is 81.4 Å². The minimum atomic E-state index is 0.565. The predicted molar refractivity (Wildman–Crippen MR) is 75.3 cm³/mol. The molecule has 0 atom stereocenters. The highest BCUT2D eigenvalue weighted by Gasteiger charge is 2.10. The molecule has 98 valence electrons. The Balaban J connectivity index is 1.88. The molecule has 9 heteroatoms. The first kappa shape index (κ1) is 12.3. The van der Waals surface area contributed by atoms with Crippen LogP contribution in [0.3, 0.4) is 0 Å². The Hall–Kier alpha value is -1.74. The van der Waals surface area contributed by atoms with E-state index in [4.69, 9.17) is 0 Å². The summed E-state index contributed by atoms with van der Waals surface area (Å²) in [6.45, 7) is 0.565. The fraction of sp³-hybridized carbons (Fsp3) is 0.300. The zero-order valence-corrected chi connectivity index (χ0v) is 12.0. The van der Waals surface area contributed by atoms with Gasteiger partial charge in [-0.1, -0.05) is 11.8 Å². The van der Waals surface area contributed by atoms with Crippen molar-refractivity contribution in [1.29, 1.82) is 0 Å². The molecule has 0 fully saturated rings. The van der Waals surface area contributed by atoms with Gasteiger partial charge in [0.1, 0.15) is 29.0 Å². The second-order valence-corrected chi connectivity index (χ2v) is 5.76. The van der Waals surface area contributed by atoms with Crippen LogP contribution in [0.5, 0.6) is 0 Å². The van der Waals surface area contributed by atoms with Crippen molar-refractivity contribution < 1.29 is 0 Å². The summed E-state index contributed by atoms with van der Waals surface area (Å²) in [7, 11) is 1.86. The molecule has 0 saturated heterocycles. The zero-order chi connectivity index (χ0) is 13.2. The van der Waals surface area contributed by atoms with Gasteiger partial charge >= 0.3 is 0 Å². The van der Waals surface area contributed by atoms with E-state index < -0.39 is 0 Å². The van der Waals surface area contributed by atoms with Crippen LogP contribution < -0.4 is 5.32 Å². The number of anilines is 1. The normalized spacial score (nSPS) is 11.1. The van der Waals surface area contributed by atoms with E-state index in [0.29, 0.717) is 6.54 Å². The lowest BCUT2D eigenvalue weighted by Crippen LogP contribution is -2.07. The summed E-state index contributed by atoms with van der Waals surface area (Å²) in [5, 5.41) is 7.28. The fourth-order valence-corrected chi connectivity index (χ4v) is 3.07. The molecule has 0 bridgehead atoms. The molecule has 3 aromatic heterocycles. The van der Waals surface area contributed by atoms with Gasteiger partial charge in [-0.05, 0) is 6.26 Å². The van der Waals surface area contributed by atoms with Crippen molar-refractivity contribution in [3.05, 3.63) is 18.5 Å². The first-order chi connectivity index (χ1) is 9.28. The molecule has 0 spiro atoms. The molecular weight excluding hydrogens is 282 g/mol. The first-order valence-electron chi connectivity index (χ1n) is 5.50. The van der Waals surface area contributed by atoms with E-state index in [-0.39, 0.29) is 0 Å². The molecule has 0 unspecified atom stereocenters. The summed E-state index contributed by atoms with van der Waals surface area (Å²) in [5.41, 5.74) is 0.727. The van der Waals surface area contributed by atoms with Crippen molar-refractivity contribution in [2.45, 2.75) is 10.9 Å². The third-order valence-electron chi connectivity index (χ3n) is 2.57. The average Bonchev–Trinajstić information content (AvgIpc) is 3.02. The summed E-state index contributed by atoms with van der Waals surface area (Å²) in [5.74, 6) is 1.63. The Bertz CT molecular complexity index is 705. The van der Waals surface area contributed by atoms with Crippen LogP contribution in [0.1, 0.15) is 5.82 Å². The second kappa shape index (κ2) is 5.10. The monoisotopic (exact) mass is 293 g/mol. The van der Waals surface area contributed by atoms with Gasteiger partial charge in [0.25, 0.3) is 0 Å². The van der Waals surface area contributed by atoms with Crippen LogP contribution in [0.25, 0.3) is 10.3 Å². The molecule has 0 aliphatic carbocycles. The van der Waals surface area contributed by atoms with Gasteiger partial charge in [0, 0.05) is 7.05 Å². The third kappa shape index (κ3) is 2.38. The molecule has 3 rings (SSSR count). The quantitative estimate of drug-likeness (QED) is 0.731. The summed E-state index contributed by atoms with van der Waals surface area (Å²) < 4.78 is 3.68. The van der Waals surface area contributed by atoms with Crippen LogP contribution in [0.15, 0.2) is 17.0 Å². The molecule has 1 N–H and O–H groups in total. The molecule has 0 radical (unpaired) electrons. The Labute approximate surface area is 117 Å². The second-order valence-electron chi connectivity index (χ2n) is 3.71. The molecule has 3 heterocycles. The smallest absolute Gasteiger partial charge is 0.176 e. The van der Waals surface area contributed by atoms with Gasteiger partial charge in [-0.25, -0.2) is 19.9 Å². The highest BCUT2D eigenvalue weighted by Crippen LogP contribution is 2.30. The fourth-order valence-electron chi connectivity index (χ4n) is 1.59. The minimum Gasteiger partial charge on any atom is -0.361 e. The number of hydrogen-bond donors (Lipinski definition) is 1. The number of aryl methyl sites for hydroxylation is 1. The van der Waals surface area contributed by atoms with Crippen LogP contribution in [0.4, 0.5) is 5.82 Å². The van der Waals surface area contributed by atoms with Crippen molar-refractivity contribution in [2.24, 2.45) is 7.05 Å². The van der Waals surface area contributed by atoms with E-state index in [0.717, 1.165) is 26.3 Å². The Morgan fingerprint density at radius 3 is 2.95 bits per heavy atom. The summed E-state index contributed by atoms with van der Waals surface area (Å²) >= 11 is 3.19. The lowest BCUT2D eigenvalue weighted by Gasteiger charge is -2.04. The maximum atomic E-state index is 4.41. The van der Waals surface area contributed by atoms with Gasteiger partial charge in [0.05, 0.1) is 6.54 Å².